The predicted molar refractivity (Wildman–Crippen MR) is 86.4 cm³/mol. The van der Waals surface area contributed by atoms with Crippen LogP contribution >= 0.6 is 11.8 Å². The van der Waals surface area contributed by atoms with Crippen molar-refractivity contribution >= 4 is 17.7 Å². The molecule has 3 rings (SSSR count). The highest BCUT2D eigenvalue weighted by atomic mass is 32.2. The summed E-state index contributed by atoms with van der Waals surface area (Å²) in [5.41, 5.74) is 1.68. The molecule has 0 aliphatic carbocycles. The summed E-state index contributed by atoms with van der Waals surface area (Å²) in [4.78, 5) is 18.7. The average Bonchev–Trinajstić information content (AvgIpc) is 3.27. The number of carboxylic acids is 1. The van der Waals surface area contributed by atoms with Gasteiger partial charge in [-0.2, -0.15) is 5.10 Å². The standard InChI is InChI=1S/C12H10N6O2S.C2H6/c19-10(20)5-21-12-15-11(16-17-12)8-2-1-3-9(4-8)18-7-13-6-14-18;1-2/h1-4,6-7H,5H2,(H,19,20)(H,15,16,17);1-2H3. The van der Waals surface area contributed by atoms with Gasteiger partial charge in [0, 0.05) is 5.56 Å². The third-order valence-corrected chi connectivity index (χ3v) is 3.42. The van der Waals surface area contributed by atoms with Gasteiger partial charge in [0.25, 0.3) is 0 Å². The van der Waals surface area contributed by atoms with E-state index in [4.69, 9.17) is 5.11 Å². The van der Waals surface area contributed by atoms with E-state index < -0.39 is 5.97 Å². The van der Waals surface area contributed by atoms with Crippen molar-refractivity contribution in [3.8, 4) is 17.1 Å². The molecule has 0 aliphatic rings. The van der Waals surface area contributed by atoms with E-state index in [2.05, 4.69) is 25.3 Å². The first-order valence-corrected chi connectivity index (χ1v) is 7.93. The molecule has 23 heavy (non-hydrogen) atoms. The molecule has 2 heterocycles. The molecule has 0 radical (unpaired) electrons. The molecule has 0 amide bonds. The lowest BCUT2D eigenvalue weighted by Crippen LogP contribution is -1.97. The van der Waals surface area contributed by atoms with Gasteiger partial charge in [-0.15, -0.1) is 5.10 Å². The number of hydrogen-bond acceptors (Lipinski definition) is 6. The summed E-state index contributed by atoms with van der Waals surface area (Å²) in [6.07, 6.45) is 3.06. The van der Waals surface area contributed by atoms with Crippen molar-refractivity contribution in [1.29, 1.82) is 0 Å². The van der Waals surface area contributed by atoms with Crippen molar-refractivity contribution < 1.29 is 9.90 Å². The second-order valence-corrected chi connectivity index (χ2v) is 4.98. The summed E-state index contributed by atoms with van der Waals surface area (Å²) >= 11 is 1.07. The zero-order valence-corrected chi connectivity index (χ0v) is 13.5. The predicted octanol–water partition coefficient (Wildman–Crippen LogP) is 2.26. The Morgan fingerprint density at radius 1 is 1.39 bits per heavy atom. The SMILES string of the molecule is CC.O=C(O)CSc1n[nH]c(-c2cccc(-n3cncn3)c2)n1. The number of H-pyrrole nitrogens is 1. The number of nitrogens with zero attached hydrogens (tertiary/aromatic N) is 5. The van der Waals surface area contributed by atoms with Crippen molar-refractivity contribution in [2.45, 2.75) is 19.0 Å². The fourth-order valence-corrected chi connectivity index (χ4v) is 2.22. The summed E-state index contributed by atoms with van der Waals surface area (Å²) in [7, 11) is 0. The monoisotopic (exact) mass is 332 g/mol. The van der Waals surface area contributed by atoms with E-state index >= 15 is 0 Å². The van der Waals surface area contributed by atoms with Crippen LogP contribution in [0, 0.1) is 0 Å². The molecular weight excluding hydrogens is 316 g/mol. The lowest BCUT2D eigenvalue weighted by atomic mass is 10.2. The molecule has 0 aliphatic heterocycles. The van der Waals surface area contributed by atoms with Crippen molar-refractivity contribution in [2.24, 2.45) is 0 Å². The second-order valence-electron chi connectivity index (χ2n) is 4.04. The van der Waals surface area contributed by atoms with Crippen LogP contribution in [0.4, 0.5) is 0 Å². The number of aromatic amines is 1. The van der Waals surface area contributed by atoms with Crippen LogP contribution in [0.15, 0.2) is 42.1 Å². The minimum atomic E-state index is -0.903. The maximum atomic E-state index is 10.5. The first kappa shape index (κ1) is 16.7. The Morgan fingerprint density at radius 2 is 2.22 bits per heavy atom. The van der Waals surface area contributed by atoms with Crippen molar-refractivity contribution in [3.63, 3.8) is 0 Å². The van der Waals surface area contributed by atoms with E-state index in [0.29, 0.717) is 11.0 Å². The van der Waals surface area contributed by atoms with Crippen LogP contribution in [-0.2, 0) is 4.79 Å². The number of nitrogens with one attached hydrogen (secondary N) is 1. The molecule has 2 N–H and O–H groups in total. The fourth-order valence-electron chi connectivity index (χ4n) is 1.70. The molecule has 0 saturated carbocycles. The highest BCUT2D eigenvalue weighted by molar-refractivity contribution is 7.99. The van der Waals surface area contributed by atoms with E-state index in [9.17, 15) is 4.79 Å². The number of carbonyl (C=O) groups is 1. The third-order valence-electron chi connectivity index (χ3n) is 2.59. The van der Waals surface area contributed by atoms with E-state index in [1.165, 1.54) is 6.33 Å². The maximum absolute atomic E-state index is 10.5. The lowest BCUT2D eigenvalue weighted by Gasteiger charge is -2.02. The Kier molecular flexibility index (Phi) is 5.87. The van der Waals surface area contributed by atoms with Crippen molar-refractivity contribution in [1.82, 2.24) is 29.9 Å². The van der Waals surface area contributed by atoms with Gasteiger partial charge in [0.2, 0.25) is 5.16 Å². The van der Waals surface area contributed by atoms with Gasteiger partial charge in [0.15, 0.2) is 5.82 Å². The Hall–Kier alpha value is -2.68. The topological polar surface area (TPSA) is 110 Å². The Balaban J connectivity index is 0.000000924. The van der Waals surface area contributed by atoms with E-state index in [1.807, 2.05) is 38.1 Å². The van der Waals surface area contributed by atoms with Crippen molar-refractivity contribution in [3.05, 3.63) is 36.9 Å². The minimum Gasteiger partial charge on any atom is -0.481 e. The summed E-state index contributed by atoms with van der Waals surface area (Å²) in [6.45, 7) is 4.00. The summed E-state index contributed by atoms with van der Waals surface area (Å²) in [5.74, 6) is -0.402. The van der Waals surface area contributed by atoms with E-state index in [-0.39, 0.29) is 5.75 Å². The number of aromatic nitrogens is 6. The molecule has 0 spiro atoms. The number of carboxylic acid groups (broad SMARTS) is 1. The number of hydrogen-bond donors (Lipinski definition) is 2. The third kappa shape index (κ3) is 4.39. The minimum absolute atomic E-state index is 0.0731. The van der Waals surface area contributed by atoms with Gasteiger partial charge in [0.05, 0.1) is 11.4 Å². The number of rotatable bonds is 5. The number of benzene rings is 1. The molecule has 0 atom stereocenters. The average molecular weight is 332 g/mol. The largest absolute Gasteiger partial charge is 0.481 e. The van der Waals surface area contributed by atoms with Gasteiger partial charge in [-0.3, -0.25) is 9.89 Å². The van der Waals surface area contributed by atoms with Crippen molar-refractivity contribution in [2.75, 3.05) is 5.75 Å². The smallest absolute Gasteiger partial charge is 0.313 e. The highest BCUT2D eigenvalue weighted by Crippen LogP contribution is 2.21. The number of thioether (sulfide) groups is 1. The highest BCUT2D eigenvalue weighted by Gasteiger charge is 2.09. The second kappa shape index (κ2) is 8.08. The molecule has 3 aromatic rings. The molecule has 8 nitrogen and oxygen atoms in total. The molecule has 2 aromatic heterocycles. The van der Waals surface area contributed by atoms with Crippen LogP contribution < -0.4 is 0 Å². The number of aliphatic carboxylic acids is 1. The van der Waals surface area contributed by atoms with Gasteiger partial charge in [-0.05, 0) is 12.1 Å². The van der Waals surface area contributed by atoms with Gasteiger partial charge >= 0.3 is 5.97 Å². The molecule has 0 saturated heterocycles. The van der Waals surface area contributed by atoms with Crippen LogP contribution in [0.25, 0.3) is 17.1 Å². The Morgan fingerprint density at radius 3 is 2.91 bits per heavy atom. The zero-order valence-electron chi connectivity index (χ0n) is 12.7. The van der Waals surface area contributed by atoms with E-state index in [1.54, 1.807) is 11.0 Å². The summed E-state index contributed by atoms with van der Waals surface area (Å²) in [6, 6.07) is 7.54. The van der Waals surface area contributed by atoms with Crippen LogP contribution in [0.3, 0.4) is 0 Å². The van der Waals surface area contributed by atoms with Gasteiger partial charge in [0.1, 0.15) is 12.7 Å². The molecule has 0 unspecified atom stereocenters. The lowest BCUT2D eigenvalue weighted by molar-refractivity contribution is -0.133. The van der Waals surface area contributed by atoms with Crippen LogP contribution in [-0.4, -0.2) is 46.8 Å². The molecule has 1 aromatic carbocycles. The first-order chi connectivity index (χ1) is 11.2. The Labute approximate surface area is 137 Å². The quantitative estimate of drug-likeness (QED) is 0.690. The Bertz CT molecular complexity index is 756. The first-order valence-electron chi connectivity index (χ1n) is 6.95. The molecular formula is C14H16N6O2S. The normalized spacial score (nSPS) is 10.0. The van der Waals surface area contributed by atoms with Crippen LogP contribution in [0.5, 0.6) is 0 Å². The van der Waals surface area contributed by atoms with E-state index in [0.717, 1.165) is 23.0 Å². The van der Waals surface area contributed by atoms with Gasteiger partial charge in [-0.25, -0.2) is 14.6 Å². The summed E-state index contributed by atoms with van der Waals surface area (Å²) < 4.78 is 1.64. The molecule has 120 valence electrons. The fraction of sp³-hybridized carbons (Fsp3) is 0.214. The molecule has 0 bridgehead atoms. The summed E-state index contributed by atoms with van der Waals surface area (Å²) in [5, 5.41) is 19.9. The van der Waals surface area contributed by atoms with Crippen LogP contribution in [0.2, 0.25) is 0 Å². The molecule has 9 heteroatoms. The van der Waals surface area contributed by atoms with Gasteiger partial charge in [-0.1, -0.05) is 37.7 Å². The maximum Gasteiger partial charge on any atom is 0.313 e. The van der Waals surface area contributed by atoms with Gasteiger partial charge < -0.3 is 5.11 Å². The molecule has 0 fully saturated rings. The van der Waals surface area contributed by atoms with Crippen LogP contribution in [0.1, 0.15) is 13.8 Å². The zero-order chi connectivity index (χ0) is 16.7.